The van der Waals surface area contributed by atoms with Gasteiger partial charge in [-0.15, -0.1) is 0 Å². The molecule has 2 rings (SSSR count). The van der Waals surface area contributed by atoms with Gasteiger partial charge in [0.25, 0.3) is 0 Å². The lowest BCUT2D eigenvalue weighted by atomic mass is 9.92. The maximum atomic E-state index is 10.0. The van der Waals surface area contributed by atoms with Gasteiger partial charge in [0.05, 0.1) is 0 Å². The third-order valence-corrected chi connectivity index (χ3v) is 3.82. The molecule has 0 aromatic heterocycles. The average molecular weight is 264 g/mol. The van der Waals surface area contributed by atoms with E-state index in [4.69, 9.17) is 10.5 Å². The van der Waals surface area contributed by atoms with Crippen molar-refractivity contribution in [2.75, 3.05) is 20.2 Å². The van der Waals surface area contributed by atoms with Crippen LogP contribution in [0.5, 0.6) is 5.75 Å². The first-order chi connectivity index (χ1) is 9.20. The van der Waals surface area contributed by atoms with E-state index in [1.807, 2.05) is 24.3 Å². The molecule has 1 aromatic rings. The average Bonchev–Trinajstić information content (AvgIpc) is 2.34. The number of rotatable bonds is 7. The third kappa shape index (κ3) is 3.93. The van der Waals surface area contributed by atoms with Gasteiger partial charge in [-0.25, -0.2) is 0 Å². The standard InChI is InChI=1S/C15H24N2O2/c1-17(13-6-4-7-13)10-14(18)11-19-15-8-3-2-5-12(15)9-16/h2-3,5,8,13-14,18H,4,6-7,9-11,16H2,1H3. The summed E-state index contributed by atoms with van der Waals surface area (Å²) in [7, 11) is 2.07. The number of aliphatic hydroxyl groups excluding tert-OH is 1. The van der Waals surface area contributed by atoms with Crippen molar-refractivity contribution in [1.29, 1.82) is 0 Å². The van der Waals surface area contributed by atoms with E-state index < -0.39 is 6.10 Å². The first kappa shape index (κ1) is 14.3. The number of para-hydroxylation sites is 1. The highest BCUT2D eigenvalue weighted by molar-refractivity contribution is 5.32. The summed E-state index contributed by atoms with van der Waals surface area (Å²) >= 11 is 0. The molecule has 0 aliphatic heterocycles. The zero-order valence-electron chi connectivity index (χ0n) is 11.6. The molecule has 0 bridgehead atoms. The van der Waals surface area contributed by atoms with Gasteiger partial charge >= 0.3 is 0 Å². The molecule has 1 atom stereocenters. The van der Waals surface area contributed by atoms with Gasteiger partial charge in [0, 0.05) is 24.7 Å². The second kappa shape index (κ2) is 6.89. The minimum absolute atomic E-state index is 0.314. The maximum absolute atomic E-state index is 10.0. The predicted octanol–water partition coefficient (Wildman–Crippen LogP) is 1.37. The summed E-state index contributed by atoms with van der Waals surface area (Å²) in [6, 6.07) is 8.34. The topological polar surface area (TPSA) is 58.7 Å². The molecular formula is C15H24N2O2. The van der Waals surface area contributed by atoms with Crippen LogP contribution in [-0.2, 0) is 6.54 Å². The highest BCUT2D eigenvalue weighted by atomic mass is 16.5. The summed E-state index contributed by atoms with van der Waals surface area (Å²) in [6.45, 7) is 1.43. The van der Waals surface area contributed by atoms with Crippen molar-refractivity contribution in [3.05, 3.63) is 29.8 Å². The predicted molar refractivity (Wildman–Crippen MR) is 76.1 cm³/mol. The van der Waals surface area contributed by atoms with E-state index in [-0.39, 0.29) is 0 Å². The normalized spacial score (nSPS) is 17.3. The highest BCUT2D eigenvalue weighted by Crippen LogP contribution is 2.23. The molecule has 0 spiro atoms. The minimum atomic E-state index is -0.462. The fourth-order valence-electron chi connectivity index (χ4n) is 2.36. The van der Waals surface area contributed by atoms with E-state index in [1.54, 1.807) is 0 Å². The van der Waals surface area contributed by atoms with Crippen LogP contribution in [0.4, 0.5) is 0 Å². The summed E-state index contributed by atoms with van der Waals surface area (Å²) in [4.78, 5) is 2.23. The van der Waals surface area contributed by atoms with Crippen LogP contribution in [-0.4, -0.2) is 42.4 Å². The number of hydrogen-bond acceptors (Lipinski definition) is 4. The van der Waals surface area contributed by atoms with Gasteiger partial charge in [-0.05, 0) is 26.0 Å². The molecule has 0 amide bonds. The molecule has 1 unspecified atom stereocenters. The fraction of sp³-hybridized carbons (Fsp3) is 0.600. The zero-order valence-corrected chi connectivity index (χ0v) is 11.6. The molecular weight excluding hydrogens is 240 g/mol. The van der Waals surface area contributed by atoms with Crippen molar-refractivity contribution < 1.29 is 9.84 Å². The molecule has 4 nitrogen and oxygen atoms in total. The molecule has 0 saturated heterocycles. The molecule has 3 N–H and O–H groups in total. The number of nitrogens with zero attached hydrogens (tertiary/aromatic N) is 1. The van der Waals surface area contributed by atoms with Gasteiger partial charge in [-0.2, -0.15) is 0 Å². The second-order valence-electron chi connectivity index (χ2n) is 5.30. The number of likely N-dealkylation sites (N-methyl/N-ethyl adjacent to an activating group) is 1. The van der Waals surface area contributed by atoms with Crippen molar-refractivity contribution in [1.82, 2.24) is 4.90 Å². The van der Waals surface area contributed by atoms with Crippen LogP contribution in [0.3, 0.4) is 0 Å². The Morgan fingerprint density at radius 2 is 2.16 bits per heavy atom. The quantitative estimate of drug-likeness (QED) is 0.781. The summed E-state index contributed by atoms with van der Waals surface area (Å²) in [5.74, 6) is 0.773. The van der Waals surface area contributed by atoms with Gasteiger partial charge in [0.2, 0.25) is 0 Å². The molecule has 0 radical (unpaired) electrons. The molecule has 106 valence electrons. The molecule has 1 aromatic carbocycles. The zero-order chi connectivity index (χ0) is 13.7. The van der Waals surface area contributed by atoms with Gasteiger partial charge in [0.1, 0.15) is 18.5 Å². The van der Waals surface area contributed by atoms with Crippen LogP contribution in [0.25, 0.3) is 0 Å². The number of ether oxygens (including phenoxy) is 1. The summed E-state index contributed by atoms with van der Waals surface area (Å²) in [5, 5.41) is 10.0. The van der Waals surface area contributed by atoms with Crippen LogP contribution in [0.2, 0.25) is 0 Å². The minimum Gasteiger partial charge on any atom is -0.491 e. The van der Waals surface area contributed by atoms with Crippen LogP contribution in [0.15, 0.2) is 24.3 Å². The molecule has 4 heteroatoms. The maximum Gasteiger partial charge on any atom is 0.123 e. The van der Waals surface area contributed by atoms with Crippen LogP contribution < -0.4 is 10.5 Å². The van der Waals surface area contributed by atoms with E-state index in [2.05, 4.69) is 11.9 Å². The number of benzene rings is 1. The number of aliphatic hydroxyl groups is 1. The Bertz CT molecular complexity index is 393. The third-order valence-electron chi connectivity index (χ3n) is 3.82. The van der Waals surface area contributed by atoms with Crippen molar-refractivity contribution in [2.45, 2.75) is 38.0 Å². The van der Waals surface area contributed by atoms with E-state index >= 15 is 0 Å². The highest BCUT2D eigenvalue weighted by Gasteiger charge is 2.23. The SMILES string of the molecule is CN(CC(O)COc1ccccc1CN)C1CCC1. The number of hydrogen-bond donors (Lipinski definition) is 2. The number of nitrogens with two attached hydrogens (primary N) is 1. The summed E-state index contributed by atoms with van der Waals surface area (Å²) < 4.78 is 5.67. The van der Waals surface area contributed by atoms with E-state index in [0.29, 0.717) is 25.7 Å². The molecule has 19 heavy (non-hydrogen) atoms. The van der Waals surface area contributed by atoms with E-state index in [0.717, 1.165) is 11.3 Å². The van der Waals surface area contributed by atoms with Gasteiger partial charge in [0.15, 0.2) is 0 Å². The lowest BCUT2D eigenvalue weighted by Gasteiger charge is -2.35. The van der Waals surface area contributed by atoms with Crippen molar-refractivity contribution in [3.63, 3.8) is 0 Å². The smallest absolute Gasteiger partial charge is 0.123 e. The first-order valence-corrected chi connectivity index (χ1v) is 6.99. The van der Waals surface area contributed by atoms with Crippen molar-refractivity contribution >= 4 is 0 Å². The van der Waals surface area contributed by atoms with Crippen molar-refractivity contribution in [3.8, 4) is 5.75 Å². The Hall–Kier alpha value is -1.10. The van der Waals surface area contributed by atoms with Crippen LogP contribution in [0, 0.1) is 0 Å². The second-order valence-corrected chi connectivity index (χ2v) is 5.30. The summed E-state index contributed by atoms with van der Waals surface area (Å²) in [5.41, 5.74) is 6.63. The monoisotopic (exact) mass is 264 g/mol. The lowest BCUT2D eigenvalue weighted by Crippen LogP contribution is -2.42. The Balaban J connectivity index is 1.77. The van der Waals surface area contributed by atoms with E-state index in [9.17, 15) is 5.11 Å². The molecule has 1 saturated carbocycles. The molecule has 1 fully saturated rings. The fourth-order valence-corrected chi connectivity index (χ4v) is 2.36. The first-order valence-electron chi connectivity index (χ1n) is 6.99. The Morgan fingerprint density at radius 1 is 1.42 bits per heavy atom. The van der Waals surface area contributed by atoms with E-state index in [1.165, 1.54) is 19.3 Å². The summed E-state index contributed by atoms with van der Waals surface area (Å²) in [6.07, 6.45) is 3.35. The van der Waals surface area contributed by atoms with Crippen LogP contribution in [0.1, 0.15) is 24.8 Å². The molecule has 1 aliphatic carbocycles. The largest absolute Gasteiger partial charge is 0.491 e. The lowest BCUT2D eigenvalue weighted by molar-refractivity contribution is 0.0474. The van der Waals surface area contributed by atoms with Crippen LogP contribution >= 0.6 is 0 Å². The molecule has 1 aliphatic rings. The Kier molecular flexibility index (Phi) is 5.19. The Labute approximate surface area is 115 Å². The Morgan fingerprint density at radius 3 is 2.79 bits per heavy atom. The molecule has 0 heterocycles. The van der Waals surface area contributed by atoms with Gasteiger partial charge in [-0.3, -0.25) is 0 Å². The van der Waals surface area contributed by atoms with Crippen molar-refractivity contribution in [2.24, 2.45) is 5.73 Å². The van der Waals surface area contributed by atoms with Gasteiger partial charge < -0.3 is 20.5 Å². The van der Waals surface area contributed by atoms with Gasteiger partial charge in [-0.1, -0.05) is 24.6 Å².